The van der Waals surface area contributed by atoms with Gasteiger partial charge in [-0.25, -0.2) is 5.48 Å². The molecule has 1 unspecified atom stereocenters. The van der Waals surface area contributed by atoms with Gasteiger partial charge in [0.1, 0.15) is 11.8 Å². The van der Waals surface area contributed by atoms with Gasteiger partial charge < -0.3 is 15.2 Å². The van der Waals surface area contributed by atoms with Crippen LogP contribution < -0.4 is 15.3 Å². The van der Waals surface area contributed by atoms with Crippen molar-refractivity contribution in [1.82, 2.24) is 24.9 Å². The van der Waals surface area contributed by atoms with Crippen molar-refractivity contribution in [2.75, 3.05) is 19.4 Å². The molecule has 1 atom stereocenters. The smallest absolute Gasteiger partial charge is 0.479 e. The van der Waals surface area contributed by atoms with Gasteiger partial charge in [0.25, 0.3) is 5.91 Å². The van der Waals surface area contributed by atoms with Crippen molar-refractivity contribution in [3.63, 3.8) is 0 Å². The molecule has 1 aromatic carbocycles. The Morgan fingerprint density at radius 1 is 1.19 bits per heavy atom. The maximum Gasteiger partial charge on any atom is 0.528 e. The number of hydroxylamine groups is 1. The molecule has 3 rings (SSSR count). The molecule has 11 heteroatoms. The summed E-state index contributed by atoms with van der Waals surface area (Å²) in [6, 6.07) is 7.49. The van der Waals surface area contributed by atoms with Gasteiger partial charge in [-0.2, -0.15) is 14.3 Å². The number of carbonyl (C=O) groups is 2. The van der Waals surface area contributed by atoms with Crippen LogP contribution in [0.5, 0.6) is 6.01 Å². The number of allylic oxidation sites excluding steroid dienone is 3. The first-order valence-electron chi connectivity index (χ1n) is 9.76. The van der Waals surface area contributed by atoms with Crippen molar-refractivity contribution in [2.45, 2.75) is 18.9 Å². The fraction of sp³-hybridized carbons (Fsp3) is 0.238. The molecule has 0 bridgehead atoms. The number of rotatable bonds is 7. The first-order valence-corrected chi connectivity index (χ1v) is 9.76. The average molecular weight is 440 g/mol. The van der Waals surface area contributed by atoms with E-state index in [1.807, 2.05) is 36.8 Å². The number of carbonyl (C=O) groups excluding carboxylic acids is 2. The Morgan fingerprint density at radius 2 is 1.94 bits per heavy atom. The van der Waals surface area contributed by atoms with Gasteiger partial charge in [0, 0.05) is 6.42 Å². The van der Waals surface area contributed by atoms with Crippen LogP contribution in [0.1, 0.15) is 12.0 Å². The van der Waals surface area contributed by atoms with Crippen LogP contribution in [0.2, 0.25) is 0 Å². The van der Waals surface area contributed by atoms with Crippen molar-refractivity contribution in [3.05, 3.63) is 66.3 Å². The minimum atomic E-state index is -0.964. The molecule has 11 nitrogen and oxygen atoms in total. The zero-order valence-corrected chi connectivity index (χ0v) is 17.6. The highest BCUT2D eigenvalue weighted by Crippen LogP contribution is 2.22. The molecule has 2 amide bonds. The summed E-state index contributed by atoms with van der Waals surface area (Å²) in [5.41, 5.74) is 2.42. The first kappa shape index (κ1) is 22.8. The van der Waals surface area contributed by atoms with Crippen molar-refractivity contribution in [1.29, 1.82) is 0 Å². The SMILES string of the molecule is C[N+](C)(C(=O)OC1=CC[CH]C=C1)c1nc(O)nc(NC(Cc2ccccc2)C(=O)NO)n1. The molecule has 32 heavy (non-hydrogen) atoms. The van der Waals surface area contributed by atoms with Crippen LogP contribution in [-0.2, 0) is 16.0 Å². The molecule has 1 heterocycles. The molecule has 0 fully saturated rings. The number of aromatic hydroxyl groups is 1. The molecule has 167 valence electrons. The number of nitrogens with zero attached hydrogens (tertiary/aromatic N) is 4. The Morgan fingerprint density at radius 3 is 2.59 bits per heavy atom. The van der Waals surface area contributed by atoms with Crippen LogP contribution >= 0.6 is 0 Å². The molecule has 0 aliphatic heterocycles. The normalized spacial score (nSPS) is 14.3. The number of nitrogens with one attached hydrogen (secondary N) is 2. The minimum Gasteiger partial charge on any atom is -0.479 e. The number of amides is 2. The summed E-state index contributed by atoms with van der Waals surface area (Å²) in [4.78, 5) is 36.7. The van der Waals surface area contributed by atoms with Gasteiger partial charge in [-0.1, -0.05) is 36.4 Å². The van der Waals surface area contributed by atoms with Crippen LogP contribution in [0.4, 0.5) is 16.7 Å². The molecule has 0 saturated heterocycles. The second-order valence-electron chi connectivity index (χ2n) is 7.38. The number of anilines is 1. The largest absolute Gasteiger partial charge is 0.528 e. The van der Waals surface area contributed by atoms with Gasteiger partial charge in [-0.3, -0.25) is 10.0 Å². The number of hydrogen-bond acceptors (Lipinski definition) is 9. The number of quaternary nitrogens is 1. The first-order chi connectivity index (χ1) is 15.3. The van der Waals surface area contributed by atoms with Gasteiger partial charge in [0.15, 0.2) is 0 Å². The summed E-state index contributed by atoms with van der Waals surface area (Å²) >= 11 is 0. The van der Waals surface area contributed by atoms with E-state index in [1.54, 1.807) is 23.7 Å². The molecule has 4 N–H and O–H groups in total. The number of benzene rings is 1. The second-order valence-corrected chi connectivity index (χ2v) is 7.38. The summed E-state index contributed by atoms with van der Waals surface area (Å²) in [7, 11) is 2.98. The van der Waals surface area contributed by atoms with E-state index in [2.05, 4.69) is 20.3 Å². The standard InChI is InChI=1S/C21H23N6O5/c1-27(2,21(30)32-15-11-7-4-8-12-15)19-23-18(24-20(29)25-19)22-16(17(28)26-31)13-14-9-5-3-6-10-14/h3-7,9-12,16H,8,13H2,1-2H3,(H3-,22,23,24,25,26,28,29,31)/p+1. The lowest BCUT2D eigenvalue weighted by Crippen LogP contribution is -2.48. The maximum absolute atomic E-state index is 12.7. The predicted molar refractivity (Wildman–Crippen MR) is 115 cm³/mol. The van der Waals surface area contributed by atoms with E-state index < -0.39 is 28.5 Å². The maximum atomic E-state index is 12.7. The molecular weight excluding hydrogens is 416 g/mol. The monoisotopic (exact) mass is 440 g/mol. The van der Waals surface area contributed by atoms with Crippen molar-refractivity contribution >= 4 is 23.9 Å². The van der Waals surface area contributed by atoms with Gasteiger partial charge in [0.2, 0.25) is 5.95 Å². The van der Waals surface area contributed by atoms with Crippen LogP contribution in [0.3, 0.4) is 0 Å². The molecule has 1 aromatic heterocycles. The number of aromatic nitrogens is 3. The van der Waals surface area contributed by atoms with E-state index in [0.29, 0.717) is 12.2 Å². The molecule has 0 spiro atoms. The van der Waals surface area contributed by atoms with Gasteiger partial charge in [-0.15, -0.1) is 9.97 Å². The fourth-order valence-electron chi connectivity index (χ4n) is 2.83. The lowest BCUT2D eigenvalue weighted by atomic mass is 10.1. The molecule has 1 aliphatic rings. The van der Waals surface area contributed by atoms with E-state index in [-0.39, 0.29) is 18.3 Å². The van der Waals surface area contributed by atoms with E-state index in [4.69, 9.17) is 9.94 Å². The highest BCUT2D eigenvalue weighted by molar-refractivity contribution is 5.84. The van der Waals surface area contributed by atoms with Crippen LogP contribution in [0, 0.1) is 6.42 Å². The quantitative estimate of drug-likeness (QED) is 0.288. The zero-order valence-electron chi connectivity index (χ0n) is 17.6. The average Bonchev–Trinajstić information content (AvgIpc) is 2.79. The Balaban J connectivity index is 1.82. The molecule has 1 radical (unpaired) electrons. The third kappa shape index (κ3) is 5.65. The molecule has 0 saturated carbocycles. The summed E-state index contributed by atoms with van der Waals surface area (Å²) in [6.45, 7) is 0. The Bertz CT molecular complexity index is 1040. The minimum absolute atomic E-state index is 0.111. The Hall–Kier alpha value is -3.83. The predicted octanol–water partition coefficient (Wildman–Crippen LogP) is 1.86. The van der Waals surface area contributed by atoms with Gasteiger partial charge in [-0.05, 0) is 30.6 Å². The third-order valence-electron chi connectivity index (χ3n) is 4.64. The highest BCUT2D eigenvalue weighted by Gasteiger charge is 2.37. The van der Waals surface area contributed by atoms with Crippen molar-refractivity contribution in [2.24, 2.45) is 0 Å². The topological polar surface area (TPSA) is 147 Å². The Kier molecular flexibility index (Phi) is 7.13. The van der Waals surface area contributed by atoms with Gasteiger partial charge in [0.05, 0.1) is 14.1 Å². The van der Waals surface area contributed by atoms with E-state index in [1.165, 1.54) is 14.1 Å². The highest BCUT2D eigenvalue weighted by atomic mass is 16.6. The fourth-order valence-corrected chi connectivity index (χ4v) is 2.83. The Labute approximate surface area is 184 Å². The summed E-state index contributed by atoms with van der Waals surface area (Å²) < 4.78 is 4.83. The summed E-state index contributed by atoms with van der Waals surface area (Å²) in [5, 5.41) is 21.9. The molecular formula is C21H24N6O5+. The number of ether oxygens (including phenoxy) is 1. The van der Waals surface area contributed by atoms with Crippen molar-refractivity contribution < 1.29 is 24.6 Å². The lowest BCUT2D eigenvalue weighted by Gasteiger charge is -2.23. The summed E-state index contributed by atoms with van der Waals surface area (Å²) in [6.07, 6.45) is 7.24. The lowest BCUT2D eigenvalue weighted by molar-refractivity contribution is -0.130. The molecule has 2 aromatic rings. The summed E-state index contributed by atoms with van der Waals surface area (Å²) in [5.74, 6) is -0.596. The third-order valence-corrected chi connectivity index (χ3v) is 4.64. The second kappa shape index (κ2) is 9.98. The van der Waals surface area contributed by atoms with E-state index >= 15 is 0 Å². The van der Waals surface area contributed by atoms with E-state index in [0.717, 1.165) is 5.56 Å². The van der Waals surface area contributed by atoms with Crippen LogP contribution in [0.25, 0.3) is 0 Å². The zero-order chi connectivity index (χ0) is 23.1. The van der Waals surface area contributed by atoms with Gasteiger partial charge >= 0.3 is 18.1 Å². The molecule has 1 aliphatic carbocycles. The van der Waals surface area contributed by atoms with E-state index in [9.17, 15) is 14.7 Å². The van der Waals surface area contributed by atoms with Crippen molar-refractivity contribution in [3.8, 4) is 6.01 Å². The van der Waals surface area contributed by atoms with Crippen LogP contribution in [0.15, 0.2) is 54.3 Å². The number of hydrogen-bond donors (Lipinski definition) is 4. The van der Waals surface area contributed by atoms with Crippen LogP contribution in [-0.4, -0.2) is 57.4 Å².